The molecule has 1 atom stereocenters. The van der Waals surface area contributed by atoms with Crippen molar-refractivity contribution in [1.29, 1.82) is 0 Å². The van der Waals surface area contributed by atoms with Gasteiger partial charge < -0.3 is 20.5 Å². The lowest BCUT2D eigenvalue weighted by atomic mass is 10.1. The van der Waals surface area contributed by atoms with Crippen LogP contribution >= 0.6 is 12.2 Å². The van der Waals surface area contributed by atoms with Crippen molar-refractivity contribution in [3.05, 3.63) is 69.8 Å². The summed E-state index contributed by atoms with van der Waals surface area (Å²) in [5.41, 5.74) is 1.61. The second-order valence-electron chi connectivity index (χ2n) is 5.28. The molecule has 0 amide bonds. The molecule has 8 heteroatoms. The summed E-state index contributed by atoms with van der Waals surface area (Å²) in [7, 11) is 1.61. The number of nitro groups is 1. The Balaban J connectivity index is 1.77. The third kappa shape index (κ3) is 5.70. The zero-order chi connectivity index (χ0) is 18.2. The number of hydrogen-bond donors (Lipinski definition) is 3. The fraction of sp³-hybridized carbons (Fsp3) is 0.235. The van der Waals surface area contributed by atoms with Gasteiger partial charge in [-0.05, 0) is 47.6 Å². The minimum absolute atomic E-state index is 0.0133. The number of benzene rings is 2. The van der Waals surface area contributed by atoms with Crippen LogP contribution in [0.15, 0.2) is 48.5 Å². The lowest BCUT2D eigenvalue weighted by molar-refractivity contribution is -0.384. The predicted molar refractivity (Wildman–Crippen MR) is 98.5 cm³/mol. The van der Waals surface area contributed by atoms with Gasteiger partial charge in [-0.3, -0.25) is 10.1 Å². The monoisotopic (exact) mass is 361 g/mol. The number of aliphatic hydroxyl groups excluding tert-OH is 1. The molecule has 0 spiro atoms. The van der Waals surface area contributed by atoms with E-state index in [1.807, 2.05) is 24.3 Å². The van der Waals surface area contributed by atoms with Gasteiger partial charge in [0.25, 0.3) is 5.69 Å². The number of nitro benzene ring substituents is 1. The molecular weight excluding hydrogens is 342 g/mol. The van der Waals surface area contributed by atoms with Gasteiger partial charge in [0, 0.05) is 25.2 Å². The van der Waals surface area contributed by atoms with Gasteiger partial charge in [0.05, 0.1) is 18.1 Å². The lowest BCUT2D eigenvalue weighted by Crippen LogP contribution is -2.37. The summed E-state index contributed by atoms with van der Waals surface area (Å²) < 4.78 is 5.10. The second-order valence-corrected chi connectivity index (χ2v) is 5.68. The largest absolute Gasteiger partial charge is 0.497 e. The fourth-order valence-corrected chi connectivity index (χ4v) is 2.27. The van der Waals surface area contributed by atoms with Crippen molar-refractivity contribution < 1.29 is 14.8 Å². The van der Waals surface area contributed by atoms with Crippen LogP contribution in [0.1, 0.15) is 17.2 Å². The van der Waals surface area contributed by atoms with E-state index in [9.17, 15) is 15.2 Å². The predicted octanol–water partition coefficient (Wildman–Crippen LogP) is 2.30. The zero-order valence-electron chi connectivity index (χ0n) is 13.6. The lowest BCUT2D eigenvalue weighted by Gasteiger charge is -2.15. The van der Waals surface area contributed by atoms with Crippen LogP contribution in [0.3, 0.4) is 0 Å². The van der Waals surface area contributed by atoms with E-state index in [0.717, 1.165) is 11.3 Å². The Morgan fingerprint density at radius 1 is 1.20 bits per heavy atom. The van der Waals surface area contributed by atoms with Gasteiger partial charge in [0.15, 0.2) is 5.11 Å². The number of aliphatic hydroxyl groups is 1. The first-order valence-corrected chi connectivity index (χ1v) is 7.97. The molecule has 0 saturated heterocycles. The molecule has 7 nitrogen and oxygen atoms in total. The van der Waals surface area contributed by atoms with E-state index < -0.39 is 11.0 Å². The van der Waals surface area contributed by atoms with E-state index in [-0.39, 0.29) is 12.2 Å². The number of ether oxygens (including phenoxy) is 1. The first-order valence-electron chi connectivity index (χ1n) is 7.56. The van der Waals surface area contributed by atoms with Crippen LogP contribution in [0, 0.1) is 10.1 Å². The van der Waals surface area contributed by atoms with E-state index in [2.05, 4.69) is 10.6 Å². The van der Waals surface area contributed by atoms with Crippen LogP contribution < -0.4 is 15.4 Å². The number of non-ortho nitro benzene ring substituents is 1. The molecule has 0 heterocycles. The summed E-state index contributed by atoms with van der Waals surface area (Å²) in [5, 5.41) is 27.1. The van der Waals surface area contributed by atoms with Gasteiger partial charge in [-0.25, -0.2) is 0 Å². The maximum Gasteiger partial charge on any atom is 0.269 e. The summed E-state index contributed by atoms with van der Waals surface area (Å²) in [6, 6.07) is 13.4. The topological polar surface area (TPSA) is 96.7 Å². The molecule has 0 aromatic heterocycles. The normalized spacial score (nSPS) is 11.4. The SMILES string of the molecule is COc1ccc(CNC(=S)NC[C@H](O)c2ccc([N+](=O)[O-])cc2)cc1. The highest BCUT2D eigenvalue weighted by molar-refractivity contribution is 7.80. The quantitative estimate of drug-likeness (QED) is 0.395. The minimum atomic E-state index is -0.818. The van der Waals surface area contributed by atoms with Gasteiger partial charge in [-0.1, -0.05) is 12.1 Å². The summed E-state index contributed by atoms with van der Waals surface area (Å²) >= 11 is 5.18. The Kier molecular flexibility index (Phi) is 6.67. The van der Waals surface area contributed by atoms with E-state index in [1.165, 1.54) is 24.3 Å². The Morgan fingerprint density at radius 3 is 2.40 bits per heavy atom. The average molecular weight is 361 g/mol. The zero-order valence-corrected chi connectivity index (χ0v) is 14.5. The van der Waals surface area contributed by atoms with Crippen molar-refractivity contribution >= 4 is 23.0 Å². The van der Waals surface area contributed by atoms with Crippen molar-refractivity contribution in [3.8, 4) is 5.75 Å². The maximum absolute atomic E-state index is 10.6. The van der Waals surface area contributed by atoms with Gasteiger partial charge in [0.2, 0.25) is 0 Å². The summed E-state index contributed by atoms with van der Waals surface area (Å²) in [6.45, 7) is 0.746. The van der Waals surface area contributed by atoms with E-state index in [0.29, 0.717) is 17.2 Å². The number of nitrogens with zero attached hydrogens (tertiary/aromatic N) is 1. The Hall–Kier alpha value is -2.71. The third-order valence-corrected chi connectivity index (χ3v) is 3.85. The van der Waals surface area contributed by atoms with Crippen molar-refractivity contribution in [3.63, 3.8) is 0 Å². The van der Waals surface area contributed by atoms with Crippen molar-refractivity contribution in [2.24, 2.45) is 0 Å². The summed E-state index contributed by atoms with van der Waals surface area (Å²) in [4.78, 5) is 10.1. The molecule has 0 aliphatic rings. The van der Waals surface area contributed by atoms with Gasteiger partial charge in [0.1, 0.15) is 5.75 Å². The highest BCUT2D eigenvalue weighted by Gasteiger charge is 2.11. The Morgan fingerprint density at radius 2 is 1.84 bits per heavy atom. The van der Waals surface area contributed by atoms with E-state index in [4.69, 9.17) is 17.0 Å². The summed E-state index contributed by atoms with van der Waals surface area (Å²) in [6.07, 6.45) is -0.818. The molecule has 0 aliphatic carbocycles. The Labute approximate surface area is 150 Å². The molecule has 0 fully saturated rings. The van der Waals surface area contributed by atoms with Crippen molar-refractivity contribution in [2.45, 2.75) is 12.6 Å². The minimum Gasteiger partial charge on any atom is -0.497 e. The van der Waals surface area contributed by atoms with Gasteiger partial charge in [-0.2, -0.15) is 0 Å². The molecule has 2 rings (SSSR count). The Bertz CT molecular complexity index is 720. The van der Waals surface area contributed by atoms with Crippen LogP contribution in [0.5, 0.6) is 5.75 Å². The van der Waals surface area contributed by atoms with E-state index >= 15 is 0 Å². The second kappa shape index (κ2) is 8.95. The smallest absolute Gasteiger partial charge is 0.269 e. The van der Waals surface area contributed by atoms with Crippen molar-refractivity contribution in [1.82, 2.24) is 10.6 Å². The first-order chi connectivity index (χ1) is 12.0. The molecule has 25 heavy (non-hydrogen) atoms. The molecule has 3 N–H and O–H groups in total. The van der Waals surface area contributed by atoms with E-state index in [1.54, 1.807) is 7.11 Å². The highest BCUT2D eigenvalue weighted by Crippen LogP contribution is 2.17. The molecule has 2 aromatic carbocycles. The standard InChI is InChI=1S/C17H19N3O4S/c1-24-15-8-2-12(3-9-15)10-18-17(25)19-11-16(21)13-4-6-14(7-5-13)20(22)23/h2-9,16,21H,10-11H2,1H3,(H2,18,19,25)/t16-/m0/s1. The number of rotatable bonds is 7. The maximum atomic E-state index is 10.6. The molecule has 0 unspecified atom stereocenters. The molecule has 0 radical (unpaired) electrons. The van der Waals surface area contributed by atoms with Gasteiger partial charge in [-0.15, -0.1) is 0 Å². The average Bonchev–Trinajstić information content (AvgIpc) is 2.64. The first kappa shape index (κ1) is 18.6. The molecular formula is C17H19N3O4S. The van der Waals surface area contributed by atoms with Crippen LogP contribution in [-0.4, -0.2) is 28.8 Å². The third-order valence-electron chi connectivity index (χ3n) is 3.56. The van der Waals surface area contributed by atoms with Crippen LogP contribution in [-0.2, 0) is 6.54 Å². The summed E-state index contributed by atoms with van der Waals surface area (Å²) in [5.74, 6) is 0.788. The van der Waals surface area contributed by atoms with Crippen LogP contribution in [0.25, 0.3) is 0 Å². The molecule has 0 saturated carbocycles. The van der Waals surface area contributed by atoms with Crippen molar-refractivity contribution in [2.75, 3.05) is 13.7 Å². The number of nitrogens with one attached hydrogen (secondary N) is 2. The number of hydrogen-bond acceptors (Lipinski definition) is 5. The van der Waals surface area contributed by atoms with Crippen LogP contribution in [0.4, 0.5) is 5.69 Å². The molecule has 0 bridgehead atoms. The fourth-order valence-electron chi connectivity index (χ4n) is 2.11. The number of thiocarbonyl (C=S) groups is 1. The molecule has 0 aliphatic heterocycles. The number of methoxy groups -OCH3 is 1. The van der Waals surface area contributed by atoms with Crippen LogP contribution in [0.2, 0.25) is 0 Å². The highest BCUT2D eigenvalue weighted by atomic mass is 32.1. The molecule has 2 aromatic rings. The molecule has 132 valence electrons. The van der Waals surface area contributed by atoms with Gasteiger partial charge >= 0.3 is 0 Å².